The Bertz CT molecular complexity index is 943. The average Bonchev–Trinajstić information content (AvgIpc) is 2.55. The molecule has 1 aliphatic carbocycles. The fraction of sp³-hybridized carbons (Fsp3) is 0.375. The molecular weight excluding hydrogens is 332 g/mol. The van der Waals surface area contributed by atoms with Crippen LogP contribution in [0.2, 0.25) is 0 Å². The van der Waals surface area contributed by atoms with Gasteiger partial charge in [-0.25, -0.2) is 17.9 Å². The van der Waals surface area contributed by atoms with Crippen LogP contribution >= 0.6 is 0 Å². The Labute approximate surface area is 138 Å². The van der Waals surface area contributed by atoms with Gasteiger partial charge in [-0.1, -0.05) is 19.3 Å². The number of carboxylic acids is 1. The summed E-state index contributed by atoms with van der Waals surface area (Å²) in [7, 11) is -3.75. The van der Waals surface area contributed by atoms with Gasteiger partial charge in [0.2, 0.25) is 15.5 Å². The minimum atomic E-state index is -3.75. The summed E-state index contributed by atoms with van der Waals surface area (Å²) < 4.78 is 27.7. The molecule has 0 unspecified atom stereocenters. The Balaban J connectivity index is 2.01. The molecule has 0 bridgehead atoms. The number of hydrogen-bond donors (Lipinski definition) is 3. The lowest BCUT2D eigenvalue weighted by atomic mass is 9.96. The van der Waals surface area contributed by atoms with Gasteiger partial charge in [-0.3, -0.25) is 4.79 Å². The molecule has 1 aromatic heterocycles. The van der Waals surface area contributed by atoms with Gasteiger partial charge < -0.3 is 10.1 Å². The van der Waals surface area contributed by atoms with Crippen LogP contribution in [0.1, 0.15) is 42.5 Å². The summed E-state index contributed by atoms with van der Waals surface area (Å²) in [6.45, 7) is 0. The molecule has 128 valence electrons. The summed E-state index contributed by atoms with van der Waals surface area (Å²) in [4.78, 5) is 26.0. The summed E-state index contributed by atoms with van der Waals surface area (Å²) in [5, 5.41) is 9.06. The smallest absolute Gasteiger partial charge is 0.341 e. The van der Waals surface area contributed by atoms with E-state index in [2.05, 4.69) is 9.71 Å². The highest BCUT2D eigenvalue weighted by Gasteiger charge is 2.22. The number of pyridine rings is 1. The summed E-state index contributed by atoms with van der Waals surface area (Å²) in [5.74, 6) is -1.35. The van der Waals surface area contributed by atoms with E-state index in [1.165, 1.54) is 18.2 Å². The van der Waals surface area contributed by atoms with Crippen LogP contribution in [0.3, 0.4) is 0 Å². The number of carbonyl (C=O) groups is 1. The van der Waals surface area contributed by atoms with Crippen molar-refractivity contribution in [2.75, 3.05) is 0 Å². The van der Waals surface area contributed by atoms with Gasteiger partial charge in [-0.15, -0.1) is 0 Å². The van der Waals surface area contributed by atoms with Crippen LogP contribution in [0.4, 0.5) is 0 Å². The molecule has 1 heterocycles. The number of fused-ring (bicyclic) bond motifs is 1. The van der Waals surface area contributed by atoms with E-state index in [0.29, 0.717) is 5.52 Å². The quantitative estimate of drug-likeness (QED) is 0.778. The van der Waals surface area contributed by atoms with Gasteiger partial charge in [0.05, 0.1) is 4.90 Å². The van der Waals surface area contributed by atoms with Gasteiger partial charge in [0.25, 0.3) is 0 Å². The minimum Gasteiger partial charge on any atom is -0.477 e. The Morgan fingerprint density at radius 2 is 1.92 bits per heavy atom. The van der Waals surface area contributed by atoms with Crippen molar-refractivity contribution < 1.29 is 18.3 Å². The van der Waals surface area contributed by atoms with Crippen LogP contribution in [0.25, 0.3) is 10.9 Å². The molecule has 0 aliphatic heterocycles. The first kappa shape index (κ1) is 16.7. The normalized spacial score (nSPS) is 16.3. The lowest BCUT2D eigenvalue weighted by Crippen LogP contribution is -2.36. The van der Waals surface area contributed by atoms with E-state index in [1.54, 1.807) is 0 Å². The average molecular weight is 350 g/mol. The Morgan fingerprint density at radius 1 is 1.21 bits per heavy atom. The Morgan fingerprint density at radius 3 is 2.58 bits per heavy atom. The molecule has 1 fully saturated rings. The van der Waals surface area contributed by atoms with Gasteiger partial charge in [0, 0.05) is 23.1 Å². The van der Waals surface area contributed by atoms with E-state index in [1.807, 2.05) is 0 Å². The first-order valence-electron chi connectivity index (χ1n) is 7.79. The monoisotopic (exact) mass is 350 g/mol. The van der Waals surface area contributed by atoms with Crippen LogP contribution in [0.5, 0.6) is 0 Å². The lowest BCUT2D eigenvalue weighted by Gasteiger charge is -2.22. The number of nitrogens with one attached hydrogen (secondary N) is 2. The van der Waals surface area contributed by atoms with Gasteiger partial charge in [-0.2, -0.15) is 0 Å². The summed E-state index contributed by atoms with van der Waals surface area (Å²) >= 11 is 0. The maximum atomic E-state index is 12.5. The van der Waals surface area contributed by atoms with Crippen LogP contribution in [0, 0.1) is 0 Å². The van der Waals surface area contributed by atoms with E-state index in [9.17, 15) is 18.0 Å². The molecule has 2 aromatic rings. The minimum absolute atomic E-state index is 0.0337. The molecule has 1 saturated carbocycles. The second kappa shape index (κ2) is 6.37. The molecule has 0 spiro atoms. The molecule has 1 aromatic carbocycles. The van der Waals surface area contributed by atoms with Crippen molar-refractivity contribution in [3.05, 3.63) is 40.2 Å². The van der Waals surface area contributed by atoms with Crippen LogP contribution in [-0.4, -0.2) is 30.5 Å². The predicted molar refractivity (Wildman–Crippen MR) is 88.7 cm³/mol. The maximum absolute atomic E-state index is 12.5. The van der Waals surface area contributed by atoms with Crippen molar-refractivity contribution in [2.45, 2.75) is 43.0 Å². The van der Waals surface area contributed by atoms with E-state index in [0.717, 1.165) is 38.3 Å². The molecule has 0 radical (unpaired) electrons. The van der Waals surface area contributed by atoms with Crippen LogP contribution in [0.15, 0.2) is 34.1 Å². The molecule has 8 heteroatoms. The highest BCUT2D eigenvalue weighted by Crippen LogP contribution is 2.21. The molecule has 7 nitrogen and oxygen atoms in total. The molecule has 3 N–H and O–H groups in total. The highest BCUT2D eigenvalue weighted by molar-refractivity contribution is 7.89. The number of H-pyrrole nitrogens is 1. The van der Waals surface area contributed by atoms with Crippen molar-refractivity contribution in [3.63, 3.8) is 0 Å². The summed E-state index contributed by atoms with van der Waals surface area (Å²) in [5.41, 5.74) is -0.732. The number of benzene rings is 1. The van der Waals surface area contributed by atoms with E-state index in [-0.39, 0.29) is 16.3 Å². The van der Waals surface area contributed by atoms with Crippen molar-refractivity contribution >= 4 is 26.9 Å². The summed E-state index contributed by atoms with van der Waals surface area (Å²) in [6.07, 6.45) is 5.81. The number of carboxylic acid groups (broad SMARTS) is 1. The fourth-order valence-corrected chi connectivity index (χ4v) is 4.36. The zero-order valence-corrected chi connectivity index (χ0v) is 13.7. The topological polar surface area (TPSA) is 116 Å². The first-order valence-corrected chi connectivity index (χ1v) is 9.28. The lowest BCUT2D eigenvalue weighted by molar-refractivity contribution is 0.0695. The van der Waals surface area contributed by atoms with Crippen molar-refractivity contribution in [1.82, 2.24) is 9.71 Å². The molecule has 0 atom stereocenters. The first-order chi connectivity index (χ1) is 11.4. The number of sulfonamides is 1. The molecule has 0 amide bonds. The van der Waals surface area contributed by atoms with E-state index < -0.39 is 27.0 Å². The maximum Gasteiger partial charge on any atom is 0.341 e. The molecule has 0 saturated heterocycles. The number of rotatable bonds is 4. The van der Waals surface area contributed by atoms with Gasteiger partial charge in [0.1, 0.15) is 5.56 Å². The number of aromatic carboxylic acids is 1. The Kier molecular flexibility index (Phi) is 4.42. The van der Waals surface area contributed by atoms with E-state index in [4.69, 9.17) is 5.11 Å². The van der Waals surface area contributed by atoms with Crippen LogP contribution < -0.4 is 10.2 Å². The Hall–Kier alpha value is -2.19. The fourth-order valence-electron chi connectivity index (χ4n) is 3.03. The zero-order valence-electron chi connectivity index (χ0n) is 12.9. The van der Waals surface area contributed by atoms with Crippen molar-refractivity contribution in [1.29, 1.82) is 0 Å². The standard InChI is InChI=1S/C16H18N2O5S/c19-15-12-8-11(6-7-14(12)17-9-13(15)16(20)21)24(22,23)18-10-4-2-1-3-5-10/h6-10,18H,1-5H2,(H,17,19)(H,20,21). The SMILES string of the molecule is O=C(O)c1c[nH]c2ccc(S(=O)(=O)NC3CCCCC3)cc2c1=O. The number of aromatic nitrogens is 1. The van der Waals surface area contributed by atoms with Crippen molar-refractivity contribution in [2.24, 2.45) is 0 Å². The molecule has 24 heavy (non-hydrogen) atoms. The highest BCUT2D eigenvalue weighted by atomic mass is 32.2. The second-order valence-electron chi connectivity index (χ2n) is 6.00. The second-order valence-corrected chi connectivity index (χ2v) is 7.71. The number of aromatic amines is 1. The molecule has 1 aliphatic rings. The third-order valence-corrected chi connectivity index (χ3v) is 5.84. The number of hydrogen-bond acceptors (Lipinski definition) is 4. The summed E-state index contributed by atoms with van der Waals surface area (Å²) in [6, 6.07) is 4.01. The van der Waals surface area contributed by atoms with Gasteiger partial charge in [0.15, 0.2) is 0 Å². The predicted octanol–water partition coefficient (Wildman–Crippen LogP) is 1.84. The third-order valence-electron chi connectivity index (χ3n) is 4.32. The van der Waals surface area contributed by atoms with Gasteiger partial charge >= 0.3 is 5.97 Å². The molecular formula is C16H18N2O5S. The molecule has 3 rings (SSSR count). The van der Waals surface area contributed by atoms with Gasteiger partial charge in [-0.05, 0) is 31.0 Å². The third kappa shape index (κ3) is 3.20. The van der Waals surface area contributed by atoms with E-state index >= 15 is 0 Å². The zero-order chi connectivity index (χ0) is 17.3. The van der Waals surface area contributed by atoms with Crippen LogP contribution in [-0.2, 0) is 10.0 Å². The van der Waals surface area contributed by atoms with Crippen molar-refractivity contribution in [3.8, 4) is 0 Å². The largest absolute Gasteiger partial charge is 0.477 e.